The summed E-state index contributed by atoms with van der Waals surface area (Å²) in [7, 11) is 1.70. The van der Waals surface area contributed by atoms with Crippen LogP contribution in [-0.2, 0) is 4.79 Å². The van der Waals surface area contributed by atoms with Crippen LogP contribution < -0.4 is 20.0 Å². The fourth-order valence-electron chi connectivity index (χ4n) is 3.57. The molecule has 0 bridgehead atoms. The summed E-state index contributed by atoms with van der Waals surface area (Å²) in [5.41, 5.74) is 3.07. The molecule has 2 aromatic carbocycles. The van der Waals surface area contributed by atoms with Gasteiger partial charge in [0.25, 0.3) is 5.91 Å². The van der Waals surface area contributed by atoms with Gasteiger partial charge in [-0.2, -0.15) is 0 Å². The molecule has 2 aliphatic heterocycles. The van der Waals surface area contributed by atoms with E-state index >= 15 is 0 Å². The van der Waals surface area contributed by atoms with E-state index in [4.69, 9.17) is 4.74 Å². The molecule has 1 N–H and O–H groups in total. The van der Waals surface area contributed by atoms with Gasteiger partial charge in [-0.05, 0) is 18.2 Å². The van der Waals surface area contributed by atoms with Crippen molar-refractivity contribution in [1.82, 2.24) is 5.32 Å². The summed E-state index contributed by atoms with van der Waals surface area (Å²) >= 11 is 0. The quantitative estimate of drug-likeness (QED) is 0.917. The fourth-order valence-corrected chi connectivity index (χ4v) is 3.57. The highest BCUT2D eigenvalue weighted by molar-refractivity contribution is 5.86. The molecule has 7 heteroatoms. The second-order valence-corrected chi connectivity index (χ2v) is 6.28. The summed E-state index contributed by atoms with van der Waals surface area (Å²) in [6.45, 7) is 2.73. The Morgan fingerprint density at radius 1 is 1.12 bits per heavy atom. The van der Waals surface area contributed by atoms with Crippen molar-refractivity contribution < 1.29 is 9.53 Å². The van der Waals surface area contributed by atoms with Gasteiger partial charge in [-0.15, -0.1) is 0 Å². The third-order valence-electron chi connectivity index (χ3n) is 4.76. The first-order valence-electron chi connectivity index (χ1n) is 8.69. The highest BCUT2D eigenvalue weighted by Crippen LogP contribution is 2.38. The molecule has 7 nitrogen and oxygen atoms in total. The molecule has 0 spiro atoms. The number of benzene rings is 2. The number of hydrogen-bond acceptors (Lipinski definition) is 6. The van der Waals surface area contributed by atoms with Crippen LogP contribution in [0.15, 0.2) is 58.9 Å². The highest BCUT2D eigenvalue weighted by Gasteiger charge is 2.30. The van der Waals surface area contributed by atoms with Crippen LogP contribution >= 0.6 is 0 Å². The first kappa shape index (κ1) is 16.5. The van der Waals surface area contributed by atoms with E-state index in [-0.39, 0.29) is 18.5 Å². The van der Waals surface area contributed by atoms with Crippen LogP contribution in [0.1, 0.15) is 11.6 Å². The minimum absolute atomic E-state index is 0.122. The number of piperazine rings is 1. The molecule has 1 saturated heterocycles. The van der Waals surface area contributed by atoms with Crippen LogP contribution in [0.3, 0.4) is 0 Å². The Hall–Kier alpha value is -2.93. The van der Waals surface area contributed by atoms with Crippen molar-refractivity contribution in [2.75, 3.05) is 43.2 Å². The first-order chi connectivity index (χ1) is 12.8. The van der Waals surface area contributed by atoms with Gasteiger partial charge in [0.05, 0.1) is 24.5 Å². The molecule has 1 amide bonds. The topological polar surface area (TPSA) is 69.5 Å². The van der Waals surface area contributed by atoms with E-state index in [1.54, 1.807) is 12.1 Å². The predicted octanol–water partition coefficient (Wildman–Crippen LogP) is 2.56. The maximum atomic E-state index is 11.5. The average Bonchev–Trinajstić information content (AvgIpc) is 3.14. The predicted molar refractivity (Wildman–Crippen MR) is 99.6 cm³/mol. The number of ether oxygens (including phenoxy) is 1. The van der Waals surface area contributed by atoms with Crippen LogP contribution in [-0.4, -0.2) is 39.2 Å². The molecule has 26 heavy (non-hydrogen) atoms. The molecule has 2 aliphatic rings. The van der Waals surface area contributed by atoms with E-state index < -0.39 is 0 Å². The van der Waals surface area contributed by atoms with Gasteiger partial charge in [-0.25, -0.2) is 5.01 Å². The van der Waals surface area contributed by atoms with Gasteiger partial charge < -0.3 is 15.0 Å². The lowest BCUT2D eigenvalue weighted by Crippen LogP contribution is -2.46. The van der Waals surface area contributed by atoms with Crippen LogP contribution in [0.2, 0.25) is 0 Å². The fraction of sp³-hybridized carbons (Fsp3) is 0.316. The summed E-state index contributed by atoms with van der Waals surface area (Å²) in [5, 5.41) is 12.8. The second kappa shape index (κ2) is 7.13. The van der Waals surface area contributed by atoms with Gasteiger partial charge >= 0.3 is 0 Å². The van der Waals surface area contributed by atoms with Crippen molar-refractivity contribution in [3.63, 3.8) is 0 Å². The lowest BCUT2D eigenvalue weighted by atomic mass is 10.0. The van der Waals surface area contributed by atoms with Crippen molar-refractivity contribution in [2.45, 2.75) is 6.04 Å². The lowest BCUT2D eigenvalue weighted by molar-refractivity contribution is -0.116. The average molecular weight is 351 g/mol. The summed E-state index contributed by atoms with van der Waals surface area (Å²) in [4.78, 5) is 13.9. The smallest absolute Gasteiger partial charge is 0.287 e. The Morgan fingerprint density at radius 2 is 1.88 bits per heavy atom. The number of nitrogens with one attached hydrogen (secondary N) is 1. The third kappa shape index (κ3) is 3.01. The SMILES string of the molecule is COc1ccccc1C1CNCCN1c1ccccc1N1CC(=O)N=N1. The molecule has 0 aromatic heterocycles. The monoisotopic (exact) mass is 351 g/mol. The normalized spacial score (nSPS) is 19.9. The summed E-state index contributed by atoms with van der Waals surface area (Å²) < 4.78 is 5.58. The second-order valence-electron chi connectivity index (χ2n) is 6.28. The number of para-hydroxylation sites is 3. The Bertz CT molecular complexity index is 838. The van der Waals surface area contributed by atoms with Crippen LogP contribution in [0.25, 0.3) is 0 Å². The molecule has 1 unspecified atom stereocenters. The number of nitrogens with zero attached hydrogens (tertiary/aromatic N) is 4. The van der Waals surface area contributed by atoms with E-state index in [0.29, 0.717) is 0 Å². The number of rotatable bonds is 4. The molecular weight excluding hydrogens is 330 g/mol. The Labute approximate surface area is 152 Å². The molecule has 1 fully saturated rings. The molecule has 134 valence electrons. The van der Waals surface area contributed by atoms with Gasteiger partial charge in [-0.3, -0.25) is 4.79 Å². The molecular formula is C19H21N5O2. The molecule has 0 saturated carbocycles. The Balaban J connectivity index is 1.74. The zero-order chi connectivity index (χ0) is 17.9. The van der Waals surface area contributed by atoms with Gasteiger partial charge in [0.2, 0.25) is 0 Å². The largest absolute Gasteiger partial charge is 0.496 e. The molecule has 4 rings (SSSR count). The number of carbonyl (C=O) groups excluding carboxylic acids is 1. The van der Waals surface area contributed by atoms with Crippen LogP contribution in [0.5, 0.6) is 5.75 Å². The maximum Gasteiger partial charge on any atom is 0.287 e. The van der Waals surface area contributed by atoms with Crippen molar-refractivity contribution >= 4 is 17.3 Å². The van der Waals surface area contributed by atoms with E-state index in [9.17, 15) is 4.79 Å². The number of hydrogen-bond donors (Lipinski definition) is 1. The van der Waals surface area contributed by atoms with E-state index in [1.165, 1.54) is 0 Å². The molecule has 0 aliphatic carbocycles. The minimum Gasteiger partial charge on any atom is -0.496 e. The molecule has 2 heterocycles. The minimum atomic E-state index is -0.221. The zero-order valence-electron chi connectivity index (χ0n) is 14.6. The number of carbonyl (C=O) groups is 1. The molecule has 1 atom stereocenters. The molecule has 2 aromatic rings. The van der Waals surface area contributed by atoms with E-state index in [0.717, 1.165) is 42.3 Å². The Kier molecular flexibility index (Phi) is 4.53. The van der Waals surface area contributed by atoms with Gasteiger partial charge in [0, 0.05) is 25.2 Å². The van der Waals surface area contributed by atoms with E-state index in [1.807, 2.05) is 36.4 Å². The third-order valence-corrected chi connectivity index (χ3v) is 4.76. The van der Waals surface area contributed by atoms with Gasteiger partial charge in [0.1, 0.15) is 12.3 Å². The summed E-state index contributed by atoms with van der Waals surface area (Å²) in [5.74, 6) is 0.654. The van der Waals surface area contributed by atoms with Crippen molar-refractivity contribution in [2.24, 2.45) is 10.3 Å². The van der Waals surface area contributed by atoms with Crippen molar-refractivity contribution in [3.05, 3.63) is 54.1 Å². The molecule has 0 radical (unpaired) electrons. The number of anilines is 2. The number of amides is 1. The van der Waals surface area contributed by atoms with Crippen molar-refractivity contribution in [3.8, 4) is 5.75 Å². The van der Waals surface area contributed by atoms with Gasteiger partial charge in [-0.1, -0.05) is 40.7 Å². The van der Waals surface area contributed by atoms with Crippen LogP contribution in [0, 0.1) is 0 Å². The number of methoxy groups -OCH3 is 1. The van der Waals surface area contributed by atoms with Crippen molar-refractivity contribution in [1.29, 1.82) is 0 Å². The van der Waals surface area contributed by atoms with Crippen LogP contribution in [0.4, 0.5) is 11.4 Å². The zero-order valence-corrected chi connectivity index (χ0v) is 14.6. The summed E-state index contributed by atoms with van der Waals surface area (Å²) in [6, 6.07) is 16.2. The summed E-state index contributed by atoms with van der Waals surface area (Å²) in [6.07, 6.45) is 0. The Morgan fingerprint density at radius 3 is 2.65 bits per heavy atom. The van der Waals surface area contributed by atoms with E-state index in [2.05, 4.69) is 32.7 Å². The first-order valence-corrected chi connectivity index (χ1v) is 8.69. The highest BCUT2D eigenvalue weighted by atomic mass is 16.5. The van der Waals surface area contributed by atoms with Gasteiger partial charge in [0.15, 0.2) is 0 Å². The standard InChI is InChI=1S/C19H21N5O2/c1-26-18-9-5-2-6-14(18)17-12-20-10-11-23(17)15-7-3-4-8-16(15)24-13-19(25)21-22-24/h2-9,17,20H,10-13H2,1H3. The lowest BCUT2D eigenvalue weighted by Gasteiger charge is -2.40. The maximum absolute atomic E-state index is 11.5.